The van der Waals surface area contributed by atoms with Gasteiger partial charge in [0.05, 0.1) is 26.7 Å². The molecule has 2 rings (SSSR count). The summed E-state index contributed by atoms with van der Waals surface area (Å²) < 4.78 is 16.1. The van der Waals surface area contributed by atoms with E-state index in [1.165, 1.54) is 0 Å². The summed E-state index contributed by atoms with van der Waals surface area (Å²) in [7, 11) is 4.84. The molecule has 0 radical (unpaired) electrons. The van der Waals surface area contributed by atoms with Gasteiger partial charge in [0.1, 0.15) is 0 Å². The number of nitrogens with zero attached hydrogens (tertiary/aromatic N) is 1. The number of carbonyl (C=O) groups is 1. The quantitative estimate of drug-likeness (QED) is 0.501. The molecule has 2 N–H and O–H groups in total. The third kappa shape index (κ3) is 5.26. The Kier molecular flexibility index (Phi) is 8.32. The lowest BCUT2D eigenvalue weighted by molar-refractivity contribution is -0.125. The van der Waals surface area contributed by atoms with Gasteiger partial charge in [0.2, 0.25) is 5.91 Å². The van der Waals surface area contributed by atoms with Crippen molar-refractivity contribution in [2.24, 2.45) is 5.92 Å². The molecule has 1 aromatic rings. The molecule has 1 aliphatic rings. The molecular weight excluding hydrogens is 378 g/mol. The van der Waals surface area contributed by atoms with Crippen molar-refractivity contribution >= 4 is 23.2 Å². The highest BCUT2D eigenvalue weighted by atomic mass is 32.1. The van der Waals surface area contributed by atoms with Crippen LogP contribution < -0.4 is 20.1 Å². The lowest BCUT2D eigenvalue weighted by Gasteiger charge is -2.23. The molecule has 1 amide bonds. The van der Waals surface area contributed by atoms with Gasteiger partial charge in [0, 0.05) is 44.3 Å². The molecule has 0 aromatic heterocycles. The van der Waals surface area contributed by atoms with Crippen molar-refractivity contribution in [3.8, 4) is 11.5 Å². The van der Waals surface area contributed by atoms with Gasteiger partial charge in [0.15, 0.2) is 16.6 Å². The van der Waals surface area contributed by atoms with Gasteiger partial charge >= 0.3 is 0 Å². The minimum absolute atomic E-state index is 0.0123. The Bertz CT molecular complexity index is 683. The smallest absolute Gasteiger partial charge is 0.225 e. The van der Waals surface area contributed by atoms with E-state index in [0.29, 0.717) is 42.9 Å². The van der Waals surface area contributed by atoms with Gasteiger partial charge in [-0.1, -0.05) is 12.1 Å². The van der Waals surface area contributed by atoms with Crippen molar-refractivity contribution in [2.45, 2.75) is 25.8 Å². The molecule has 1 aliphatic heterocycles. The van der Waals surface area contributed by atoms with E-state index in [2.05, 4.69) is 15.5 Å². The molecular formula is C20H31N3O4S. The molecule has 7 nitrogen and oxygen atoms in total. The van der Waals surface area contributed by atoms with E-state index >= 15 is 0 Å². The maximum absolute atomic E-state index is 12.9. The van der Waals surface area contributed by atoms with Crippen LogP contribution in [0.15, 0.2) is 18.2 Å². The topological polar surface area (TPSA) is 72.1 Å². The number of hydrogen-bond acceptors (Lipinski definition) is 5. The van der Waals surface area contributed by atoms with Crippen LogP contribution in [-0.4, -0.2) is 69.5 Å². The largest absolute Gasteiger partial charge is 0.493 e. The van der Waals surface area contributed by atoms with Crippen LogP contribution in [0.25, 0.3) is 0 Å². The molecule has 28 heavy (non-hydrogen) atoms. The van der Waals surface area contributed by atoms with E-state index in [9.17, 15) is 4.79 Å². The highest BCUT2D eigenvalue weighted by Crippen LogP contribution is 2.41. The fourth-order valence-electron chi connectivity index (χ4n) is 3.50. The normalized spacial score (nSPS) is 18.9. The molecule has 1 heterocycles. The van der Waals surface area contributed by atoms with Crippen LogP contribution in [0.5, 0.6) is 11.5 Å². The highest BCUT2D eigenvalue weighted by molar-refractivity contribution is 7.80. The van der Waals surface area contributed by atoms with Crippen LogP contribution in [0, 0.1) is 5.92 Å². The molecule has 8 heteroatoms. The predicted molar refractivity (Wildman–Crippen MR) is 113 cm³/mol. The second-order valence-electron chi connectivity index (χ2n) is 7.09. The summed E-state index contributed by atoms with van der Waals surface area (Å²) in [5.41, 5.74) is 0.948. The maximum atomic E-state index is 12.9. The van der Waals surface area contributed by atoms with Crippen molar-refractivity contribution in [3.05, 3.63) is 23.8 Å². The molecule has 2 atom stereocenters. The number of methoxy groups -OCH3 is 3. The first-order valence-electron chi connectivity index (χ1n) is 9.45. The maximum Gasteiger partial charge on any atom is 0.225 e. The predicted octanol–water partition coefficient (Wildman–Crippen LogP) is 1.76. The Labute approximate surface area is 172 Å². The van der Waals surface area contributed by atoms with Crippen molar-refractivity contribution in [2.75, 3.05) is 47.6 Å². The number of para-hydroxylation sites is 1. The number of nitrogens with one attached hydrogen (secondary N) is 2. The van der Waals surface area contributed by atoms with Crippen LogP contribution in [0.2, 0.25) is 0 Å². The second kappa shape index (κ2) is 10.5. The number of likely N-dealkylation sites (tertiary alicyclic amines) is 1. The van der Waals surface area contributed by atoms with Crippen molar-refractivity contribution in [1.29, 1.82) is 0 Å². The number of rotatable bonds is 8. The fraction of sp³-hybridized carbons (Fsp3) is 0.600. The van der Waals surface area contributed by atoms with Gasteiger partial charge in [-0.15, -0.1) is 0 Å². The lowest BCUT2D eigenvalue weighted by Crippen LogP contribution is -2.42. The van der Waals surface area contributed by atoms with Gasteiger partial charge < -0.3 is 29.7 Å². The average Bonchev–Trinajstić information content (AvgIpc) is 3.12. The first kappa shape index (κ1) is 22.2. The summed E-state index contributed by atoms with van der Waals surface area (Å²) in [5.74, 6) is 0.972. The van der Waals surface area contributed by atoms with Crippen molar-refractivity contribution in [1.82, 2.24) is 15.5 Å². The van der Waals surface area contributed by atoms with E-state index in [-0.39, 0.29) is 23.8 Å². The summed E-state index contributed by atoms with van der Waals surface area (Å²) >= 11 is 5.56. The Balaban J connectivity index is 2.31. The number of ether oxygens (including phenoxy) is 3. The van der Waals surface area contributed by atoms with Gasteiger partial charge in [0.25, 0.3) is 0 Å². The summed E-state index contributed by atoms with van der Waals surface area (Å²) in [4.78, 5) is 15.0. The molecule has 0 aliphatic carbocycles. The first-order valence-corrected chi connectivity index (χ1v) is 9.86. The van der Waals surface area contributed by atoms with E-state index < -0.39 is 0 Å². The summed E-state index contributed by atoms with van der Waals surface area (Å²) in [6, 6.07) is 5.99. The minimum atomic E-state index is -0.259. The fourth-order valence-corrected chi connectivity index (χ4v) is 3.88. The van der Waals surface area contributed by atoms with Gasteiger partial charge in [-0.2, -0.15) is 0 Å². The third-order valence-electron chi connectivity index (χ3n) is 4.79. The zero-order valence-corrected chi connectivity index (χ0v) is 18.1. The van der Waals surface area contributed by atoms with Gasteiger partial charge in [-0.25, -0.2) is 0 Å². The van der Waals surface area contributed by atoms with Gasteiger partial charge in [-0.3, -0.25) is 4.79 Å². The second-order valence-corrected chi connectivity index (χ2v) is 7.48. The number of benzene rings is 1. The van der Waals surface area contributed by atoms with Crippen LogP contribution in [0.4, 0.5) is 0 Å². The first-order chi connectivity index (χ1) is 13.4. The summed E-state index contributed by atoms with van der Waals surface area (Å²) in [5, 5.41) is 6.90. The molecule has 0 saturated carbocycles. The highest BCUT2D eigenvalue weighted by Gasteiger charge is 2.41. The molecule has 0 unspecified atom stereocenters. The van der Waals surface area contributed by atoms with Crippen LogP contribution >= 0.6 is 12.2 Å². The number of thiocarbonyl (C=S) groups is 1. The summed E-state index contributed by atoms with van der Waals surface area (Å²) in [6.07, 6.45) is 0. The number of amides is 1. The molecule has 0 bridgehead atoms. The molecule has 1 fully saturated rings. The van der Waals surface area contributed by atoms with Gasteiger partial charge in [-0.05, 0) is 32.1 Å². The molecule has 0 spiro atoms. The van der Waals surface area contributed by atoms with E-state index in [0.717, 1.165) is 5.56 Å². The monoisotopic (exact) mass is 409 g/mol. The minimum Gasteiger partial charge on any atom is -0.493 e. The van der Waals surface area contributed by atoms with E-state index in [1.54, 1.807) is 21.3 Å². The van der Waals surface area contributed by atoms with Crippen molar-refractivity contribution < 1.29 is 19.0 Å². The lowest BCUT2D eigenvalue weighted by atomic mass is 9.87. The Morgan fingerprint density at radius 1 is 1.25 bits per heavy atom. The van der Waals surface area contributed by atoms with Crippen LogP contribution in [0.3, 0.4) is 0 Å². The average molecular weight is 410 g/mol. The Morgan fingerprint density at radius 2 is 2.00 bits per heavy atom. The zero-order chi connectivity index (χ0) is 20.7. The van der Waals surface area contributed by atoms with E-state index in [1.807, 2.05) is 32.0 Å². The van der Waals surface area contributed by atoms with Crippen LogP contribution in [0.1, 0.15) is 25.3 Å². The standard InChI is InChI=1S/C20H31N3O4S/c1-13(2)22-20(28)23-11-15(16(12-23)19(24)21-9-10-25-3)14-7-6-8-17(26-4)18(14)27-5/h6-8,13,15-16H,9-12H2,1-5H3,(H,21,24)(H,22,28)/t15-,16-/m1/s1. The third-order valence-corrected chi connectivity index (χ3v) is 5.17. The zero-order valence-electron chi connectivity index (χ0n) is 17.3. The summed E-state index contributed by atoms with van der Waals surface area (Å²) in [6.45, 7) is 6.21. The SMILES string of the molecule is COCCNC(=O)[C@@H]1CN(C(=S)NC(C)C)C[C@@H]1c1cccc(OC)c1OC. The Morgan fingerprint density at radius 3 is 2.61 bits per heavy atom. The molecule has 1 aromatic carbocycles. The number of carbonyl (C=O) groups excluding carboxylic acids is 1. The molecule has 156 valence electrons. The van der Waals surface area contributed by atoms with E-state index in [4.69, 9.17) is 26.4 Å². The van der Waals surface area contributed by atoms with Crippen LogP contribution in [-0.2, 0) is 9.53 Å². The Hall–Kier alpha value is -2.06. The number of hydrogen-bond donors (Lipinski definition) is 2. The van der Waals surface area contributed by atoms with Crippen molar-refractivity contribution in [3.63, 3.8) is 0 Å². The molecule has 1 saturated heterocycles.